The quantitative estimate of drug-likeness (QED) is 0.311. The van der Waals surface area contributed by atoms with Crippen molar-refractivity contribution in [1.29, 1.82) is 0 Å². The summed E-state index contributed by atoms with van der Waals surface area (Å²) in [6, 6.07) is 12.9. The van der Waals surface area contributed by atoms with Gasteiger partial charge in [-0.05, 0) is 79.8 Å². The Balaban J connectivity index is 0.00000207. The van der Waals surface area contributed by atoms with Crippen molar-refractivity contribution >= 4 is 52.8 Å². The molecular formula is C45H60N10O6. The summed E-state index contributed by atoms with van der Waals surface area (Å²) in [4.78, 5) is 97.1. The first-order valence-electron chi connectivity index (χ1n) is 20.4. The number of nitrogens with one attached hydrogen (secondary N) is 1. The van der Waals surface area contributed by atoms with Gasteiger partial charge in [0.2, 0.25) is 11.8 Å². The molecular weight excluding hydrogens is 777 g/mol. The van der Waals surface area contributed by atoms with Crippen LogP contribution in [0.15, 0.2) is 48.7 Å². The Bertz CT molecular complexity index is 2200. The number of urea groups is 1. The van der Waals surface area contributed by atoms with E-state index in [2.05, 4.69) is 49.3 Å². The van der Waals surface area contributed by atoms with Gasteiger partial charge < -0.3 is 30.2 Å². The Kier molecular flexibility index (Phi) is 13.0. The lowest BCUT2D eigenvalue weighted by Gasteiger charge is -2.46. The third kappa shape index (κ3) is 8.36. The molecule has 0 radical (unpaired) electrons. The van der Waals surface area contributed by atoms with Crippen molar-refractivity contribution in [3.63, 3.8) is 0 Å². The molecule has 2 aromatic carbocycles. The zero-order valence-electron chi connectivity index (χ0n) is 32.6. The Hall–Kier alpha value is -6.06. The molecule has 5 fully saturated rings. The van der Waals surface area contributed by atoms with Crippen molar-refractivity contribution in [3.05, 3.63) is 76.7 Å². The van der Waals surface area contributed by atoms with Gasteiger partial charge in [-0.3, -0.25) is 34.2 Å². The van der Waals surface area contributed by atoms with Crippen LogP contribution in [0.2, 0.25) is 0 Å². The third-order valence-electron chi connectivity index (χ3n) is 13.1. The van der Waals surface area contributed by atoms with E-state index in [-0.39, 0.29) is 58.5 Å². The number of hydrogen-bond acceptors (Lipinski definition) is 11. The highest BCUT2D eigenvalue weighted by Gasteiger charge is 2.45. The summed E-state index contributed by atoms with van der Waals surface area (Å²) in [6.07, 6.45) is 6.18. The Morgan fingerprint density at radius 1 is 0.770 bits per heavy atom. The number of nitrogens with zero attached hydrogens (tertiary/aromatic N) is 8. The number of carbonyl (C=O) groups excluding carboxylic acids is 6. The summed E-state index contributed by atoms with van der Waals surface area (Å²) in [6.45, 7) is 6.38. The minimum atomic E-state index is -0.991. The average molecular weight is 837 g/mol. The fraction of sp³-hybridized carbons (Fsp3) is 0.511. The van der Waals surface area contributed by atoms with Crippen LogP contribution >= 0.6 is 0 Å². The second kappa shape index (κ2) is 17.9. The zero-order chi connectivity index (χ0) is 40.2. The fourth-order valence-corrected chi connectivity index (χ4v) is 9.83. The van der Waals surface area contributed by atoms with Crippen LogP contribution in [0.4, 0.5) is 22.0 Å². The number of benzene rings is 2. The van der Waals surface area contributed by atoms with Gasteiger partial charge in [-0.15, -0.1) is 0 Å². The molecule has 16 heteroatoms. The maximum atomic E-state index is 13.5. The van der Waals surface area contributed by atoms with Gasteiger partial charge in [-0.2, -0.15) is 0 Å². The van der Waals surface area contributed by atoms with E-state index < -0.39 is 35.6 Å². The number of likely N-dealkylation sites (N-methyl/N-ethyl adjacent to an activating group) is 1. The van der Waals surface area contributed by atoms with E-state index in [4.69, 9.17) is 10.7 Å². The maximum Gasteiger partial charge on any atom is 0.320 e. The summed E-state index contributed by atoms with van der Waals surface area (Å²) < 4.78 is 0. The third-order valence-corrected chi connectivity index (χ3v) is 13.1. The number of aromatic nitrogens is 2. The topological polar surface area (TPSA) is 186 Å². The van der Waals surface area contributed by atoms with Crippen LogP contribution in [0, 0.1) is 11.8 Å². The minimum Gasteiger partial charge on any atom is -0.371 e. The number of amides is 7. The van der Waals surface area contributed by atoms with E-state index in [0.717, 1.165) is 93.3 Å². The normalized spacial score (nSPS) is 23.8. The SMILES string of the molecule is C.C.C.CN1CCN([C@@H]2CCCN(c3cnc(C(N)=O)c(Cc4ccc(N5CC[C@H]6CCN(c7ccc8c(c7)C(=O)N(C7CCC(=O)NC7=O)C8=O)C[C@@H]6C5)cc4)n3)C2)C1=O. The number of nitrogens with two attached hydrogens (primary N) is 1. The molecule has 61 heavy (non-hydrogen) atoms. The van der Waals surface area contributed by atoms with Crippen molar-refractivity contribution in [1.82, 2.24) is 30.0 Å². The first-order chi connectivity index (χ1) is 28.0. The van der Waals surface area contributed by atoms with Gasteiger partial charge in [0.05, 0.1) is 29.1 Å². The average Bonchev–Trinajstić information content (AvgIpc) is 3.70. The molecule has 0 bridgehead atoms. The predicted molar refractivity (Wildman–Crippen MR) is 234 cm³/mol. The van der Waals surface area contributed by atoms with Gasteiger partial charge in [-0.1, -0.05) is 34.4 Å². The largest absolute Gasteiger partial charge is 0.371 e. The highest BCUT2D eigenvalue weighted by atomic mass is 16.2. The first kappa shape index (κ1) is 44.5. The number of hydrogen-bond donors (Lipinski definition) is 2. The monoisotopic (exact) mass is 836 g/mol. The number of fused-ring (bicyclic) bond motifs is 2. The first-order valence-corrected chi connectivity index (χ1v) is 20.4. The van der Waals surface area contributed by atoms with E-state index in [1.54, 1.807) is 23.2 Å². The molecule has 0 saturated carbocycles. The lowest BCUT2D eigenvalue weighted by molar-refractivity contribution is -0.136. The number of carbonyl (C=O) groups is 6. The van der Waals surface area contributed by atoms with Gasteiger partial charge in [0.1, 0.15) is 17.6 Å². The Morgan fingerprint density at radius 3 is 2.13 bits per heavy atom. The van der Waals surface area contributed by atoms with E-state index in [1.807, 2.05) is 18.0 Å². The second-order valence-electron chi connectivity index (χ2n) is 16.5. The highest BCUT2D eigenvalue weighted by molar-refractivity contribution is 6.23. The van der Waals surface area contributed by atoms with Gasteiger partial charge >= 0.3 is 6.03 Å². The van der Waals surface area contributed by atoms with Crippen LogP contribution in [0.3, 0.4) is 0 Å². The molecule has 0 aliphatic carbocycles. The van der Waals surface area contributed by atoms with Gasteiger partial charge in [0.15, 0.2) is 0 Å². The van der Waals surface area contributed by atoms with Gasteiger partial charge in [0, 0.05) is 83.6 Å². The van der Waals surface area contributed by atoms with Crippen LogP contribution in [0.25, 0.3) is 0 Å². The standard InChI is InChI=1S/C42H48N10O6.3CH4/c1-47-17-18-51(42(47)58)30-3-2-14-50(24-30)35-21-44-37(38(43)54)33(45-35)19-25-4-6-28(7-5-25)48-15-12-26-13-16-49(23-27(26)22-48)29-8-9-31-32(20-29)41(57)52(40(31)56)34-10-11-36(53)46-39(34)55;;;/h4-9,20-21,26-27,30,34H,2-3,10-19,22-24H2,1H3,(H2,43,54)(H,46,53,55);3*1H4/t26-,27-,30+,34?;;;/m0.../s1. The van der Waals surface area contributed by atoms with Crippen LogP contribution in [0.1, 0.15) is 103 Å². The van der Waals surface area contributed by atoms with Crippen LogP contribution in [-0.2, 0) is 16.0 Å². The van der Waals surface area contributed by atoms with E-state index in [9.17, 15) is 28.8 Å². The van der Waals surface area contributed by atoms with Crippen molar-refractivity contribution in [2.24, 2.45) is 17.6 Å². The van der Waals surface area contributed by atoms with Crippen molar-refractivity contribution in [2.45, 2.75) is 79.3 Å². The lowest BCUT2D eigenvalue weighted by Crippen LogP contribution is -2.54. The van der Waals surface area contributed by atoms with E-state index in [1.165, 1.54) is 0 Å². The molecule has 6 aliphatic heterocycles. The molecule has 326 valence electrons. The second-order valence-corrected chi connectivity index (χ2v) is 16.5. The molecule has 0 spiro atoms. The molecule has 4 atom stereocenters. The predicted octanol–water partition coefficient (Wildman–Crippen LogP) is 4.16. The van der Waals surface area contributed by atoms with Crippen LogP contribution in [0.5, 0.6) is 0 Å². The summed E-state index contributed by atoms with van der Waals surface area (Å²) in [5.41, 5.74) is 10.0. The number of imide groups is 2. The number of rotatable bonds is 8. The van der Waals surface area contributed by atoms with E-state index in [0.29, 0.717) is 41.9 Å². The van der Waals surface area contributed by atoms with Gasteiger partial charge in [-0.25, -0.2) is 14.8 Å². The zero-order valence-corrected chi connectivity index (χ0v) is 32.6. The molecule has 5 saturated heterocycles. The Labute approximate surface area is 358 Å². The molecule has 7 heterocycles. The number of anilines is 3. The lowest BCUT2D eigenvalue weighted by atomic mass is 9.79. The smallest absolute Gasteiger partial charge is 0.320 e. The van der Waals surface area contributed by atoms with Crippen LogP contribution in [-0.4, -0.2) is 132 Å². The maximum absolute atomic E-state index is 13.5. The van der Waals surface area contributed by atoms with Gasteiger partial charge in [0.25, 0.3) is 17.7 Å². The number of piperidine rings is 4. The molecule has 7 amide bonds. The highest BCUT2D eigenvalue weighted by Crippen LogP contribution is 2.37. The molecule has 1 unspecified atom stereocenters. The number of primary amides is 1. The summed E-state index contributed by atoms with van der Waals surface area (Å²) in [5.74, 6) is -0.977. The fourth-order valence-electron chi connectivity index (χ4n) is 9.83. The Morgan fingerprint density at radius 2 is 1.46 bits per heavy atom. The summed E-state index contributed by atoms with van der Waals surface area (Å²) in [7, 11) is 1.83. The van der Waals surface area contributed by atoms with Crippen molar-refractivity contribution < 1.29 is 28.8 Å². The van der Waals surface area contributed by atoms with E-state index >= 15 is 0 Å². The van der Waals surface area contributed by atoms with Crippen molar-refractivity contribution in [3.8, 4) is 0 Å². The molecule has 3 N–H and O–H groups in total. The molecule has 9 rings (SSSR count). The van der Waals surface area contributed by atoms with Crippen LogP contribution < -0.4 is 25.8 Å². The molecule has 6 aliphatic rings. The minimum absolute atomic E-state index is 0. The summed E-state index contributed by atoms with van der Waals surface area (Å²) in [5, 5.41) is 2.25. The molecule has 3 aromatic rings. The summed E-state index contributed by atoms with van der Waals surface area (Å²) >= 11 is 0. The molecule has 16 nitrogen and oxygen atoms in total. The van der Waals surface area contributed by atoms with Crippen molar-refractivity contribution in [2.75, 3.05) is 74.1 Å². The molecule has 1 aromatic heterocycles.